The van der Waals surface area contributed by atoms with Gasteiger partial charge in [-0.3, -0.25) is 14.4 Å². The van der Waals surface area contributed by atoms with Crippen molar-refractivity contribution in [2.45, 2.75) is 26.4 Å². The number of carbonyl (C=O) groups is 3. The second-order valence-electron chi connectivity index (χ2n) is 6.30. The quantitative estimate of drug-likeness (QED) is 0.518. The fourth-order valence-corrected chi connectivity index (χ4v) is 2.86. The zero-order valence-electron chi connectivity index (χ0n) is 15.1. The minimum atomic E-state index is -0.879. The highest BCUT2D eigenvalue weighted by Gasteiger charge is 2.22. The topological polar surface area (TPSA) is 88.3 Å². The van der Waals surface area contributed by atoms with Crippen LogP contribution in [0.3, 0.4) is 0 Å². The summed E-state index contributed by atoms with van der Waals surface area (Å²) in [5.41, 5.74) is 2.76. The Balaban J connectivity index is 1.61. The number of para-hydroxylation sites is 1. The summed E-state index contributed by atoms with van der Waals surface area (Å²) in [6.07, 6.45) is 0.805. The molecule has 0 aliphatic carbocycles. The molecule has 0 radical (unpaired) electrons. The second-order valence-corrected chi connectivity index (χ2v) is 6.30. The molecule has 1 atom stereocenters. The van der Waals surface area contributed by atoms with Crippen LogP contribution in [0.4, 0.5) is 5.69 Å². The summed E-state index contributed by atoms with van der Waals surface area (Å²) in [6, 6.07) is 14.4. The molecule has 0 spiro atoms. The molecule has 1 amide bonds. The molecule has 0 aliphatic heterocycles. The first kappa shape index (κ1) is 18.4. The Kier molecular flexibility index (Phi) is 5.35. The van der Waals surface area contributed by atoms with Crippen LogP contribution >= 0.6 is 0 Å². The number of ketones is 1. The molecule has 0 saturated heterocycles. The van der Waals surface area contributed by atoms with Gasteiger partial charge in [-0.05, 0) is 30.7 Å². The van der Waals surface area contributed by atoms with E-state index in [1.807, 2.05) is 24.3 Å². The number of carbonyl (C=O) groups excluding carboxylic acids is 3. The minimum absolute atomic E-state index is 0.0475. The lowest BCUT2D eigenvalue weighted by atomic mass is 10.1. The van der Waals surface area contributed by atoms with Gasteiger partial charge in [0.2, 0.25) is 11.7 Å². The molecule has 3 aromatic rings. The van der Waals surface area contributed by atoms with Gasteiger partial charge in [0.25, 0.3) is 0 Å². The number of nitrogens with one attached hydrogen (secondary N) is 2. The Bertz CT molecular complexity index is 989. The normalized spacial score (nSPS) is 11.8. The molecule has 138 valence electrons. The van der Waals surface area contributed by atoms with Crippen molar-refractivity contribution >= 4 is 34.3 Å². The number of benzene rings is 2. The number of aromatic amines is 1. The monoisotopic (exact) mass is 364 g/mol. The lowest BCUT2D eigenvalue weighted by Gasteiger charge is -2.12. The van der Waals surface area contributed by atoms with Crippen LogP contribution in [0, 0.1) is 0 Å². The minimum Gasteiger partial charge on any atom is -0.454 e. The predicted octanol–water partition coefficient (Wildman–Crippen LogP) is 3.48. The fraction of sp³-hybridized carbons (Fsp3) is 0.190. The van der Waals surface area contributed by atoms with Crippen molar-refractivity contribution in [3.63, 3.8) is 0 Å². The first-order valence-corrected chi connectivity index (χ1v) is 8.60. The molecule has 1 heterocycles. The van der Waals surface area contributed by atoms with E-state index in [4.69, 9.17) is 4.74 Å². The Labute approximate surface area is 156 Å². The van der Waals surface area contributed by atoms with E-state index < -0.39 is 12.1 Å². The number of aromatic nitrogens is 1. The van der Waals surface area contributed by atoms with Crippen LogP contribution in [0.5, 0.6) is 0 Å². The van der Waals surface area contributed by atoms with E-state index in [1.165, 1.54) is 6.92 Å². The molecule has 27 heavy (non-hydrogen) atoms. The van der Waals surface area contributed by atoms with Crippen molar-refractivity contribution in [3.8, 4) is 0 Å². The zero-order chi connectivity index (χ0) is 19.4. The summed E-state index contributed by atoms with van der Waals surface area (Å²) in [5.74, 6) is -0.892. The van der Waals surface area contributed by atoms with Gasteiger partial charge in [-0.1, -0.05) is 30.3 Å². The molecule has 6 heteroatoms. The van der Waals surface area contributed by atoms with Crippen molar-refractivity contribution < 1.29 is 19.1 Å². The number of Topliss-reactive ketones (excluding diaryl/α,β-unsaturated/α-hetero) is 1. The summed E-state index contributed by atoms with van der Waals surface area (Å²) < 4.78 is 5.31. The van der Waals surface area contributed by atoms with Gasteiger partial charge < -0.3 is 15.0 Å². The van der Waals surface area contributed by atoms with Gasteiger partial charge in [0.1, 0.15) is 0 Å². The van der Waals surface area contributed by atoms with Gasteiger partial charge in [-0.15, -0.1) is 0 Å². The standard InChI is InChI=1S/C21H20N2O4/c1-13(21(26)18-12-22-19-6-4-3-5-17(18)19)27-20(25)11-15-7-9-16(10-8-15)23-14(2)24/h3-10,12-13,22H,11H2,1-2H3,(H,23,24)/t13-/m1/s1. The van der Waals surface area contributed by atoms with Gasteiger partial charge in [0, 0.05) is 35.3 Å². The molecule has 0 aliphatic rings. The van der Waals surface area contributed by atoms with Crippen LogP contribution in [0.1, 0.15) is 29.8 Å². The molecule has 2 N–H and O–H groups in total. The van der Waals surface area contributed by atoms with Gasteiger partial charge in [-0.25, -0.2) is 0 Å². The summed E-state index contributed by atoms with van der Waals surface area (Å²) in [4.78, 5) is 38.9. The van der Waals surface area contributed by atoms with Crippen molar-refractivity contribution in [2.24, 2.45) is 0 Å². The number of ether oxygens (including phenoxy) is 1. The molecule has 0 saturated carbocycles. The first-order valence-electron chi connectivity index (χ1n) is 8.60. The summed E-state index contributed by atoms with van der Waals surface area (Å²) in [7, 11) is 0. The third kappa shape index (κ3) is 4.41. The van der Waals surface area contributed by atoms with Crippen molar-refractivity contribution in [1.82, 2.24) is 4.98 Å². The van der Waals surface area contributed by atoms with Crippen molar-refractivity contribution in [3.05, 3.63) is 65.9 Å². The summed E-state index contributed by atoms with van der Waals surface area (Å²) in [6.45, 7) is 3.00. The number of H-pyrrole nitrogens is 1. The Morgan fingerprint density at radius 2 is 1.78 bits per heavy atom. The van der Waals surface area contributed by atoms with Crippen LogP contribution in [-0.2, 0) is 20.7 Å². The highest BCUT2D eigenvalue weighted by atomic mass is 16.5. The molecule has 0 bridgehead atoms. The smallest absolute Gasteiger partial charge is 0.310 e. The van der Waals surface area contributed by atoms with E-state index >= 15 is 0 Å². The van der Waals surface area contributed by atoms with E-state index in [2.05, 4.69) is 10.3 Å². The molecule has 0 unspecified atom stereocenters. The molecule has 2 aromatic carbocycles. The number of hydrogen-bond acceptors (Lipinski definition) is 4. The maximum absolute atomic E-state index is 12.6. The van der Waals surface area contributed by atoms with E-state index in [-0.39, 0.29) is 18.1 Å². The molecule has 3 rings (SSSR count). The Morgan fingerprint density at radius 1 is 1.07 bits per heavy atom. The van der Waals surface area contributed by atoms with Gasteiger partial charge in [0.15, 0.2) is 6.10 Å². The van der Waals surface area contributed by atoms with Crippen LogP contribution in [-0.4, -0.2) is 28.7 Å². The van der Waals surface area contributed by atoms with Gasteiger partial charge in [-0.2, -0.15) is 0 Å². The number of anilines is 1. The Hall–Kier alpha value is -3.41. The summed E-state index contributed by atoms with van der Waals surface area (Å²) in [5, 5.41) is 3.46. The highest BCUT2D eigenvalue weighted by Crippen LogP contribution is 2.20. The van der Waals surface area contributed by atoms with Crippen LogP contribution in [0.2, 0.25) is 0 Å². The number of hydrogen-bond donors (Lipinski definition) is 2. The van der Waals surface area contributed by atoms with Crippen LogP contribution < -0.4 is 5.32 Å². The highest BCUT2D eigenvalue weighted by molar-refractivity contribution is 6.10. The van der Waals surface area contributed by atoms with Crippen LogP contribution in [0.25, 0.3) is 10.9 Å². The molecular weight excluding hydrogens is 344 g/mol. The Morgan fingerprint density at radius 3 is 2.48 bits per heavy atom. The zero-order valence-corrected chi connectivity index (χ0v) is 15.1. The molecule has 6 nitrogen and oxygen atoms in total. The van der Waals surface area contributed by atoms with E-state index in [0.717, 1.165) is 16.5 Å². The SMILES string of the molecule is CC(=O)Nc1ccc(CC(=O)O[C@H](C)C(=O)c2c[nH]c3ccccc23)cc1. The maximum Gasteiger partial charge on any atom is 0.310 e. The van der Waals surface area contributed by atoms with E-state index in [0.29, 0.717) is 11.3 Å². The fourth-order valence-electron chi connectivity index (χ4n) is 2.86. The average Bonchev–Trinajstić information content (AvgIpc) is 3.06. The van der Waals surface area contributed by atoms with Crippen molar-refractivity contribution in [1.29, 1.82) is 0 Å². The van der Waals surface area contributed by atoms with Gasteiger partial charge in [0.05, 0.1) is 6.42 Å². The van der Waals surface area contributed by atoms with Crippen molar-refractivity contribution in [2.75, 3.05) is 5.32 Å². The largest absolute Gasteiger partial charge is 0.454 e. The lowest BCUT2D eigenvalue weighted by Crippen LogP contribution is -2.25. The van der Waals surface area contributed by atoms with E-state index in [1.54, 1.807) is 37.4 Å². The maximum atomic E-state index is 12.6. The number of esters is 1. The second kappa shape index (κ2) is 7.86. The number of fused-ring (bicyclic) bond motifs is 1. The summed E-state index contributed by atoms with van der Waals surface area (Å²) >= 11 is 0. The molecule has 1 aromatic heterocycles. The van der Waals surface area contributed by atoms with Crippen LogP contribution in [0.15, 0.2) is 54.7 Å². The number of amides is 1. The third-order valence-electron chi connectivity index (χ3n) is 4.15. The predicted molar refractivity (Wildman–Crippen MR) is 103 cm³/mol. The molecule has 0 fully saturated rings. The average molecular weight is 364 g/mol. The lowest BCUT2D eigenvalue weighted by molar-refractivity contribution is -0.145. The number of rotatable bonds is 6. The van der Waals surface area contributed by atoms with Gasteiger partial charge >= 0.3 is 5.97 Å². The first-order chi connectivity index (χ1) is 12.9. The molecular formula is C21H20N2O4. The third-order valence-corrected chi connectivity index (χ3v) is 4.15. The van der Waals surface area contributed by atoms with E-state index in [9.17, 15) is 14.4 Å².